The molecule has 44 heteroatoms. The van der Waals surface area contributed by atoms with Crippen molar-refractivity contribution in [1.29, 1.82) is 0 Å². The van der Waals surface area contributed by atoms with E-state index in [1.165, 1.54) is 11.9 Å². The number of aryl methyl sites for hydroxylation is 3. The molecular weight excluding hydrogens is 1520 g/mol. The number of rotatable bonds is 50. The van der Waals surface area contributed by atoms with Gasteiger partial charge in [-0.05, 0) is 100 Å². The second-order valence-corrected chi connectivity index (χ2v) is 29.1. The number of unbranched alkanes of at least 4 members (excludes halogenated alkanes) is 2. The maximum Gasteiger partial charge on any atom is 0.339 e. The second kappa shape index (κ2) is 55.4. The number of carboxylic acid groups (broad SMARTS) is 4. The number of aromatic nitrogens is 4. The maximum absolute atomic E-state index is 13.5. The fraction of sp³-hybridized carbons (Fsp3) is 0.627. The summed E-state index contributed by atoms with van der Waals surface area (Å²) in [5.41, 5.74) is 1.77. The molecule has 0 saturated carbocycles. The van der Waals surface area contributed by atoms with Crippen LogP contribution in [0.2, 0.25) is 0 Å². The minimum absolute atomic E-state index is 0. The van der Waals surface area contributed by atoms with E-state index in [2.05, 4.69) is 67.9 Å². The van der Waals surface area contributed by atoms with E-state index in [1.807, 2.05) is 4.68 Å². The van der Waals surface area contributed by atoms with Gasteiger partial charge in [0.25, 0.3) is 5.91 Å². The number of carbonyl (C=O) groups excluding carboxylic acids is 5. The van der Waals surface area contributed by atoms with Gasteiger partial charge in [-0.25, -0.2) is 13.4 Å². The largest absolute Gasteiger partial charge is 0.494 e. The average Bonchev–Trinajstić information content (AvgIpc) is 0.875. The van der Waals surface area contributed by atoms with Gasteiger partial charge < -0.3 is 102 Å². The minimum atomic E-state index is -4.34. The Morgan fingerprint density at radius 3 is 1.74 bits per heavy atom. The van der Waals surface area contributed by atoms with Crippen molar-refractivity contribution in [2.75, 3.05) is 182 Å². The fourth-order valence-electron chi connectivity index (χ4n) is 11.1. The van der Waals surface area contributed by atoms with Crippen LogP contribution in [0.25, 0.3) is 10.9 Å². The zero-order chi connectivity index (χ0) is 79.4. The Hall–Kier alpha value is -8.00. The number of hydrogen-bond donors (Lipinski definition) is 14. The van der Waals surface area contributed by atoms with E-state index < -0.39 is 90.0 Å². The summed E-state index contributed by atoms with van der Waals surface area (Å²) >= 11 is 0. The monoisotopic (exact) mass is 1640 g/mol. The number of nitrogens with one attached hydrogen (secondary N) is 8. The fourth-order valence-corrected chi connectivity index (χ4v) is 14.0. The molecule has 2 aromatic carbocycles. The number of anilines is 1. The predicted octanol–water partition coefficient (Wildman–Crippen LogP) is -2.67. The van der Waals surface area contributed by atoms with Crippen LogP contribution in [-0.2, 0) is 73.7 Å². The number of benzene rings is 2. The number of imidazole rings is 1. The molecular formula is C67H116N16O25P2S. The molecule has 1 aliphatic rings. The molecule has 2 aromatic heterocycles. The molecule has 5 rings (SSSR count). The smallest absolute Gasteiger partial charge is 0.339 e. The lowest BCUT2D eigenvalue weighted by atomic mass is 10.1. The van der Waals surface area contributed by atoms with Gasteiger partial charge in [0.1, 0.15) is 24.1 Å². The Bertz CT molecular complexity index is 3570. The maximum atomic E-state index is 13.5. The zero-order valence-electron chi connectivity index (χ0n) is 63.5. The highest BCUT2D eigenvalue weighted by Gasteiger charge is 2.30. The molecule has 3 atom stereocenters. The molecule has 0 spiro atoms. The van der Waals surface area contributed by atoms with E-state index in [0.29, 0.717) is 101 Å². The number of hydrogen-bond acceptors (Lipinski definition) is 24. The lowest BCUT2D eigenvalue weighted by Crippen LogP contribution is -2.52. The van der Waals surface area contributed by atoms with Crippen LogP contribution >= 0.6 is 16.8 Å². The first kappa shape index (κ1) is 101. The van der Waals surface area contributed by atoms with Gasteiger partial charge in [0.15, 0.2) is 5.95 Å². The van der Waals surface area contributed by atoms with Crippen molar-refractivity contribution in [2.45, 2.75) is 102 Å². The van der Waals surface area contributed by atoms with Crippen LogP contribution in [0.4, 0.5) is 5.95 Å². The van der Waals surface area contributed by atoms with Gasteiger partial charge in [-0.2, -0.15) is 9.82 Å². The molecule has 630 valence electrons. The van der Waals surface area contributed by atoms with Gasteiger partial charge in [0.05, 0.1) is 82.4 Å². The first-order chi connectivity index (χ1) is 51.5. The zero-order valence-corrected chi connectivity index (χ0v) is 66.3. The van der Waals surface area contributed by atoms with Crippen LogP contribution in [0.5, 0.6) is 5.75 Å². The number of carboxylic acids is 4. The topological polar surface area (TPSA) is 605 Å². The number of sulfonamides is 1. The van der Waals surface area contributed by atoms with E-state index in [1.54, 1.807) is 82.4 Å². The highest BCUT2D eigenvalue weighted by molar-refractivity contribution is 7.89. The third-order valence-electron chi connectivity index (χ3n) is 16.5. The van der Waals surface area contributed by atoms with E-state index in [4.69, 9.17) is 28.7 Å². The van der Waals surface area contributed by atoms with Crippen LogP contribution in [-0.4, -0.2) is 342 Å². The van der Waals surface area contributed by atoms with E-state index in [9.17, 15) is 76.6 Å². The molecule has 3 heterocycles. The van der Waals surface area contributed by atoms with Gasteiger partial charge in [-0.1, -0.05) is 13.3 Å². The second-order valence-electron chi connectivity index (χ2n) is 25.5. The van der Waals surface area contributed by atoms with E-state index in [0.717, 1.165) is 36.8 Å². The van der Waals surface area contributed by atoms with Gasteiger partial charge in [0, 0.05) is 141 Å². The van der Waals surface area contributed by atoms with Crippen molar-refractivity contribution < 1.29 is 122 Å². The Morgan fingerprint density at radius 1 is 0.667 bits per heavy atom. The molecule has 111 heavy (non-hydrogen) atoms. The molecule has 5 amide bonds. The van der Waals surface area contributed by atoms with E-state index >= 15 is 0 Å². The number of carbonyl (C=O) groups is 9. The summed E-state index contributed by atoms with van der Waals surface area (Å²) in [5.74, 6) is -5.54. The van der Waals surface area contributed by atoms with Gasteiger partial charge >= 0.3 is 31.5 Å². The number of H-pyrrole nitrogens is 1. The van der Waals surface area contributed by atoms with Crippen LogP contribution in [0.3, 0.4) is 0 Å². The Labute approximate surface area is 647 Å². The molecule has 1 aliphatic heterocycles. The summed E-state index contributed by atoms with van der Waals surface area (Å²) in [6.45, 7) is 11.1. The summed E-state index contributed by atoms with van der Waals surface area (Å²) in [6.07, 6.45) is 10.1. The Balaban J connectivity index is 0.00000110. The first-order valence-corrected chi connectivity index (χ1v) is 39.8. The number of fused-ring (bicyclic) bond motifs is 1. The third-order valence-corrected chi connectivity index (χ3v) is 19.6. The van der Waals surface area contributed by atoms with E-state index in [-0.39, 0.29) is 150 Å². The van der Waals surface area contributed by atoms with Gasteiger partial charge in [-0.15, -0.1) is 9.24 Å². The number of ether oxygens (including phenoxy) is 4. The van der Waals surface area contributed by atoms with Crippen molar-refractivity contribution in [2.24, 2.45) is 0 Å². The van der Waals surface area contributed by atoms with Crippen LogP contribution < -0.4 is 41.4 Å². The summed E-state index contributed by atoms with van der Waals surface area (Å²) in [7, 11) is -4.92. The Kier molecular flexibility index (Phi) is 50.4. The first-order valence-electron chi connectivity index (χ1n) is 35.7. The van der Waals surface area contributed by atoms with Crippen molar-refractivity contribution in [3.05, 3.63) is 65.6 Å². The molecule has 1 saturated heterocycles. The van der Waals surface area contributed by atoms with Crippen molar-refractivity contribution in [3.63, 3.8) is 0 Å². The standard InChI is InChI=1S/C40H58N8O10S.C27H52N8O12P2.3H2O/c1-4-5-17-55-20-22-57-23-21-56-18-8-13-41-36(49)9-6-19-58-33-24-29(2)37(30(3)25-33)59(53,54)47-34(39(51)52)28-45-38(50)31-10-11-35-32(26-31)27-46-48(35)16-7-12-42-40-43-14-15-44-40;1-28-27(44)21(4-2-3-5-29-22(36)14-35(19-48)20-49(45,46)47)30-23(37)15-31-6-8-32(16-24(38)39)10-12-34(18-26(42)43)13-11-33(9-7-31)17-25(40)41;;;/h10-11,14-15,24-27,34,47H,4-9,12-13,16-23,28H2,1-3H3,(H,41,49)(H,45,50)(H,51,52)(H2,42,43,44);21H,2-20,48H2,1H3,(H,28,44)(H,29,36)(H,30,37)(H,38,39)(H,40,41)(H,42,43)(H2,45,46,47);3*1H2/t;21-;;;/m.1.../s1. The molecule has 0 radical (unpaired) electrons. The minimum Gasteiger partial charge on any atom is -0.494 e. The lowest BCUT2D eigenvalue weighted by Gasteiger charge is -2.33. The molecule has 1 fully saturated rings. The number of aromatic amines is 1. The Morgan fingerprint density at radius 2 is 1.22 bits per heavy atom. The third kappa shape index (κ3) is 42.5. The van der Waals surface area contributed by atoms with Crippen molar-refractivity contribution >= 4 is 97.1 Å². The predicted molar refractivity (Wildman–Crippen MR) is 412 cm³/mol. The number of nitrogens with zero attached hydrogens (tertiary/aromatic N) is 8. The molecule has 4 aromatic rings. The number of aliphatic carboxylic acids is 4. The van der Waals surface area contributed by atoms with Crippen LogP contribution in [0.1, 0.15) is 86.2 Å². The highest BCUT2D eigenvalue weighted by Crippen LogP contribution is 2.35. The summed E-state index contributed by atoms with van der Waals surface area (Å²) < 4.78 is 64.4. The summed E-state index contributed by atoms with van der Waals surface area (Å²) in [6, 6.07) is 5.56. The van der Waals surface area contributed by atoms with Gasteiger partial charge in [0.2, 0.25) is 33.7 Å². The van der Waals surface area contributed by atoms with Gasteiger partial charge in [-0.3, -0.25) is 76.9 Å². The molecule has 2 unspecified atom stereocenters. The molecule has 0 aliphatic carbocycles. The average molecular weight is 1640 g/mol. The van der Waals surface area contributed by atoms with Crippen LogP contribution in [0, 0.1) is 13.8 Å². The lowest BCUT2D eigenvalue weighted by molar-refractivity contribution is -0.140. The van der Waals surface area contributed by atoms with Crippen molar-refractivity contribution in [3.8, 4) is 5.75 Å². The summed E-state index contributed by atoms with van der Waals surface area (Å²) in [4.78, 5) is 143. The normalized spacial score (nSPS) is 13.9. The molecule has 41 nitrogen and oxygen atoms in total. The number of likely N-dealkylation sites (N-methyl/N-ethyl adjacent to an activating group) is 1. The highest BCUT2D eigenvalue weighted by atomic mass is 32.2. The van der Waals surface area contributed by atoms with Crippen molar-refractivity contribution in [1.82, 2.24) is 75.6 Å². The summed E-state index contributed by atoms with van der Waals surface area (Å²) in [5, 5.41) is 59.6. The molecule has 0 bridgehead atoms. The number of amides is 5. The quantitative estimate of drug-likeness (QED) is 0.0158. The van der Waals surface area contributed by atoms with Crippen LogP contribution in [0.15, 0.2) is 53.8 Å². The SMILES string of the molecule is CCCCOCCOCCOCCCNC(=O)CCCOc1cc(C)c(S(=O)(=O)NC(CNC(=O)c2ccc3c(cnn3CCCNc3ncc[nH]3)c2)C(=O)O)c(C)c1.CNC(=O)[C@@H](CCCCNC(=O)CN(CP)CP(=O)(O)O)NC(=O)CN1CCN(CC(=O)O)CCN(CC(=O)O)CCN(CC(=O)O)CC1.O.O.O. The molecule has 20 N–H and O–H groups in total.